The number of nitrogen functional groups attached to an aromatic ring is 1. The van der Waals surface area contributed by atoms with Gasteiger partial charge in [0.25, 0.3) is 0 Å². The number of rotatable bonds is 3. The lowest BCUT2D eigenvalue weighted by Gasteiger charge is -2.27. The average Bonchev–Trinajstić information content (AvgIpc) is 2.32. The van der Waals surface area contributed by atoms with E-state index < -0.39 is 15.8 Å². The SMILES string of the molecule is CC1CCCC(NS(=O)(=O)c2ccc(N)c(F)c2)C1. The number of hydrogen-bond acceptors (Lipinski definition) is 3. The van der Waals surface area contributed by atoms with Crippen LogP contribution in [0.5, 0.6) is 0 Å². The molecule has 0 heterocycles. The molecule has 0 radical (unpaired) electrons. The van der Waals surface area contributed by atoms with E-state index >= 15 is 0 Å². The second-order valence-corrected chi connectivity index (χ2v) is 6.99. The maximum absolute atomic E-state index is 13.3. The molecule has 4 nitrogen and oxygen atoms in total. The van der Waals surface area contributed by atoms with E-state index in [0.717, 1.165) is 31.7 Å². The van der Waals surface area contributed by atoms with Crippen molar-refractivity contribution in [1.82, 2.24) is 4.72 Å². The smallest absolute Gasteiger partial charge is 0.240 e. The van der Waals surface area contributed by atoms with Crippen molar-refractivity contribution in [3.8, 4) is 0 Å². The zero-order valence-electron chi connectivity index (χ0n) is 10.9. The van der Waals surface area contributed by atoms with E-state index in [1.54, 1.807) is 0 Å². The average molecular weight is 286 g/mol. The summed E-state index contributed by atoms with van der Waals surface area (Å²) in [5.74, 6) is -0.190. The van der Waals surface area contributed by atoms with Crippen LogP contribution >= 0.6 is 0 Å². The molecule has 1 aromatic rings. The van der Waals surface area contributed by atoms with Gasteiger partial charge in [-0.15, -0.1) is 0 Å². The Balaban J connectivity index is 2.15. The first kappa shape index (κ1) is 14.3. The molecular weight excluding hydrogens is 267 g/mol. The zero-order chi connectivity index (χ0) is 14.0. The highest BCUT2D eigenvalue weighted by Gasteiger charge is 2.25. The lowest BCUT2D eigenvalue weighted by molar-refractivity contribution is 0.327. The summed E-state index contributed by atoms with van der Waals surface area (Å²) in [6.45, 7) is 2.11. The van der Waals surface area contributed by atoms with E-state index in [9.17, 15) is 12.8 Å². The molecule has 0 saturated heterocycles. The molecule has 1 aromatic carbocycles. The highest BCUT2D eigenvalue weighted by Crippen LogP contribution is 2.25. The van der Waals surface area contributed by atoms with Gasteiger partial charge in [0, 0.05) is 6.04 Å². The first-order valence-corrected chi connectivity index (χ1v) is 7.94. The molecule has 0 aromatic heterocycles. The molecule has 0 bridgehead atoms. The lowest BCUT2D eigenvalue weighted by atomic mass is 9.88. The first-order chi connectivity index (χ1) is 8.88. The molecule has 1 saturated carbocycles. The first-order valence-electron chi connectivity index (χ1n) is 6.46. The van der Waals surface area contributed by atoms with E-state index in [0.29, 0.717) is 5.92 Å². The molecule has 0 amide bonds. The Morgan fingerprint density at radius 1 is 1.37 bits per heavy atom. The quantitative estimate of drug-likeness (QED) is 0.837. The minimum absolute atomic E-state index is 0.0507. The fourth-order valence-electron chi connectivity index (χ4n) is 2.50. The number of nitrogens with two attached hydrogens (primary N) is 1. The third-order valence-electron chi connectivity index (χ3n) is 3.54. The maximum atomic E-state index is 13.3. The van der Waals surface area contributed by atoms with Crippen LogP contribution in [0.15, 0.2) is 23.1 Å². The summed E-state index contributed by atoms with van der Waals surface area (Å²) in [5, 5.41) is 0. The van der Waals surface area contributed by atoms with Crippen LogP contribution in [0.4, 0.5) is 10.1 Å². The van der Waals surface area contributed by atoms with Crippen molar-refractivity contribution in [2.24, 2.45) is 5.92 Å². The van der Waals surface area contributed by atoms with Crippen molar-refractivity contribution in [2.75, 3.05) is 5.73 Å². The van der Waals surface area contributed by atoms with Crippen LogP contribution in [0.3, 0.4) is 0 Å². The molecule has 1 fully saturated rings. The predicted octanol–water partition coefficient (Wildman–Crippen LogP) is 2.26. The second kappa shape index (κ2) is 5.46. The predicted molar refractivity (Wildman–Crippen MR) is 72.6 cm³/mol. The molecule has 19 heavy (non-hydrogen) atoms. The van der Waals surface area contributed by atoms with Crippen LogP contribution in [-0.4, -0.2) is 14.5 Å². The van der Waals surface area contributed by atoms with Crippen LogP contribution in [0.1, 0.15) is 32.6 Å². The normalized spacial score (nSPS) is 24.3. The molecule has 3 N–H and O–H groups in total. The van der Waals surface area contributed by atoms with Crippen molar-refractivity contribution in [3.63, 3.8) is 0 Å². The molecule has 2 atom stereocenters. The largest absolute Gasteiger partial charge is 0.396 e. The van der Waals surface area contributed by atoms with E-state index in [2.05, 4.69) is 11.6 Å². The fraction of sp³-hybridized carbons (Fsp3) is 0.538. The summed E-state index contributed by atoms with van der Waals surface area (Å²) in [6.07, 6.45) is 3.82. The van der Waals surface area contributed by atoms with Crippen LogP contribution in [-0.2, 0) is 10.0 Å². The van der Waals surface area contributed by atoms with Gasteiger partial charge in [-0.1, -0.05) is 19.8 Å². The van der Waals surface area contributed by atoms with Gasteiger partial charge in [0.05, 0.1) is 10.6 Å². The zero-order valence-corrected chi connectivity index (χ0v) is 11.7. The van der Waals surface area contributed by atoms with Gasteiger partial charge in [-0.2, -0.15) is 0 Å². The van der Waals surface area contributed by atoms with Crippen LogP contribution < -0.4 is 10.5 Å². The monoisotopic (exact) mass is 286 g/mol. The number of hydrogen-bond donors (Lipinski definition) is 2. The van der Waals surface area contributed by atoms with Crippen molar-refractivity contribution < 1.29 is 12.8 Å². The molecule has 1 aliphatic carbocycles. The van der Waals surface area contributed by atoms with E-state index in [1.807, 2.05) is 0 Å². The van der Waals surface area contributed by atoms with Crippen LogP contribution in [0, 0.1) is 11.7 Å². The number of anilines is 1. The summed E-state index contributed by atoms with van der Waals surface area (Å²) in [6, 6.07) is 3.50. The number of nitrogens with one attached hydrogen (secondary N) is 1. The van der Waals surface area contributed by atoms with Crippen molar-refractivity contribution in [3.05, 3.63) is 24.0 Å². The number of benzene rings is 1. The molecule has 2 unspecified atom stereocenters. The minimum Gasteiger partial charge on any atom is -0.396 e. The molecule has 1 aliphatic rings. The summed E-state index contributed by atoms with van der Waals surface area (Å²) in [5.41, 5.74) is 5.29. The van der Waals surface area contributed by atoms with Gasteiger partial charge in [-0.25, -0.2) is 17.5 Å². The summed E-state index contributed by atoms with van der Waals surface area (Å²) in [7, 11) is -3.67. The molecule has 2 rings (SSSR count). The van der Waals surface area contributed by atoms with Gasteiger partial charge in [-0.05, 0) is 37.0 Å². The van der Waals surface area contributed by atoms with Crippen molar-refractivity contribution in [2.45, 2.75) is 43.5 Å². The van der Waals surface area contributed by atoms with Gasteiger partial charge in [0.15, 0.2) is 0 Å². The molecular formula is C13H19FN2O2S. The summed E-state index contributed by atoms with van der Waals surface area (Å²) < 4.78 is 40.3. The molecule has 106 valence electrons. The van der Waals surface area contributed by atoms with Gasteiger partial charge in [-0.3, -0.25) is 0 Å². The second-order valence-electron chi connectivity index (χ2n) is 5.27. The summed E-state index contributed by atoms with van der Waals surface area (Å²) in [4.78, 5) is -0.0718. The van der Waals surface area contributed by atoms with E-state index in [4.69, 9.17) is 5.73 Å². The van der Waals surface area contributed by atoms with Crippen LogP contribution in [0.25, 0.3) is 0 Å². The van der Waals surface area contributed by atoms with E-state index in [1.165, 1.54) is 12.1 Å². The Labute approximate surface area is 113 Å². The van der Waals surface area contributed by atoms with Gasteiger partial charge in [0.2, 0.25) is 10.0 Å². The van der Waals surface area contributed by atoms with Crippen LogP contribution in [0.2, 0.25) is 0 Å². The lowest BCUT2D eigenvalue weighted by Crippen LogP contribution is -2.37. The Kier molecular flexibility index (Phi) is 4.10. The highest BCUT2D eigenvalue weighted by molar-refractivity contribution is 7.89. The van der Waals surface area contributed by atoms with Gasteiger partial charge < -0.3 is 5.73 Å². The Bertz CT molecular complexity index is 560. The highest BCUT2D eigenvalue weighted by atomic mass is 32.2. The fourth-order valence-corrected chi connectivity index (χ4v) is 3.80. The summed E-state index contributed by atoms with van der Waals surface area (Å²) >= 11 is 0. The minimum atomic E-state index is -3.67. The standard InChI is InChI=1S/C13H19FN2O2S/c1-9-3-2-4-10(7-9)16-19(17,18)11-5-6-13(15)12(14)8-11/h5-6,8-10,16H,2-4,7,15H2,1H3. The maximum Gasteiger partial charge on any atom is 0.240 e. The Morgan fingerprint density at radius 3 is 2.74 bits per heavy atom. The molecule has 6 heteroatoms. The number of sulfonamides is 1. The van der Waals surface area contributed by atoms with E-state index in [-0.39, 0.29) is 16.6 Å². The third-order valence-corrected chi connectivity index (χ3v) is 5.06. The third kappa shape index (κ3) is 3.45. The Hall–Kier alpha value is -1.14. The van der Waals surface area contributed by atoms with Crippen molar-refractivity contribution >= 4 is 15.7 Å². The van der Waals surface area contributed by atoms with Gasteiger partial charge >= 0.3 is 0 Å². The van der Waals surface area contributed by atoms with Gasteiger partial charge in [0.1, 0.15) is 5.82 Å². The van der Waals surface area contributed by atoms with Crippen molar-refractivity contribution in [1.29, 1.82) is 0 Å². The number of halogens is 1. The molecule has 0 spiro atoms. The topological polar surface area (TPSA) is 72.2 Å². The Morgan fingerprint density at radius 2 is 2.11 bits per heavy atom. The molecule has 0 aliphatic heterocycles.